The lowest BCUT2D eigenvalue weighted by molar-refractivity contribution is 0.0695. The Kier molecular flexibility index (Phi) is 4.88. The summed E-state index contributed by atoms with van der Waals surface area (Å²) in [6, 6.07) is 1.29. The van der Waals surface area contributed by atoms with Crippen molar-refractivity contribution in [3.63, 3.8) is 0 Å². The molecule has 2 amide bonds. The largest absolute Gasteiger partial charge is 0.478 e. The van der Waals surface area contributed by atoms with Gasteiger partial charge in [-0.2, -0.15) is 0 Å². The molecule has 116 valence electrons. The molecular formula is C15H22N2O4. The predicted octanol–water partition coefficient (Wildman–Crippen LogP) is 2.62. The Hall–Kier alpha value is -1.98. The van der Waals surface area contributed by atoms with E-state index < -0.39 is 5.97 Å². The van der Waals surface area contributed by atoms with Crippen LogP contribution in [0.5, 0.6) is 0 Å². The molecular weight excluding hydrogens is 272 g/mol. The Morgan fingerprint density at radius 2 is 2.10 bits per heavy atom. The number of carboxylic acid groups (broad SMARTS) is 1. The average Bonchev–Trinajstić information content (AvgIpc) is 3.05. The second-order valence-corrected chi connectivity index (χ2v) is 5.68. The SMILES string of the molecule is Cc1oc(CNC(=O)N(C)CC2CCCC2)cc1C(=O)O. The van der Waals surface area contributed by atoms with Crippen LogP contribution in [-0.2, 0) is 6.54 Å². The van der Waals surface area contributed by atoms with Crippen LogP contribution < -0.4 is 5.32 Å². The number of urea groups is 1. The summed E-state index contributed by atoms with van der Waals surface area (Å²) >= 11 is 0. The molecule has 0 aliphatic heterocycles. The summed E-state index contributed by atoms with van der Waals surface area (Å²) in [6.07, 6.45) is 4.89. The van der Waals surface area contributed by atoms with Crippen molar-refractivity contribution in [1.29, 1.82) is 0 Å². The number of carbonyl (C=O) groups excluding carboxylic acids is 1. The number of rotatable bonds is 5. The third kappa shape index (κ3) is 4.00. The molecule has 0 saturated heterocycles. The van der Waals surface area contributed by atoms with Crippen molar-refractivity contribution < 1.29 is 19.1 Å². The number of hydrogen-bond acceptors (Lipinski definition) is 3. The van der Waals surface area contributed by atoms with E-state index in [0.717, 1.165) is 6.54 Å². The highest BCUT2D eigenvalue weighted by Crippen LogP contribution is 2.25. The third-order valence-electron chi connectivity index (χ3n) is 3.97. The van der Waals surface area contributed by atoms with E-state index in [4.69, 9.17) is 9.52 Å². The molecule has 0 bridgehead atoms. The lowest BCUT2D eigenvalue weighted by Gasteiger charge is -2.21. The van der Waals surface area contributed by atoms with Gasteiger partial charge < -0.3 is 19.7 Å². The van der Waals surface area contributed by atoms with E-state index in [1.54, 1.807) is 18.9 Å². The maximum absolute atomic E-state index is 12.0. The highest BCUT2D eigenvalue weighted by molar-refractivity contribution is 5.88. The first-order chi connectivity index (χ1) is 9.97. The number of hydrogen-bond donors (Lipinski definition) is 2. The van der Waals surface area contributed by atoms with E-state index in [0.29, 0.717) is 17.4 Å². The number of amides is 2. The summed E-state index contributed by atoms with van der Waals surface area (Å²) < 4.78 is 5.33. The zero-order chi connectivity index (χ0) is 15.4. The van der Waals surface area contributed by atoms with Gasteiger partial charge in [0, 0.05) is 13.6 Å². The quantitative estimate of drug-likeness (QED) is 0.874. The molecule has 2 rings (SSSR count). The fourth-order valence-corrected chi connectivity index (χ4v) is 2.80. The van der Waals surface area contributed by atoms with Gasteiger partial charge in [0.2, 0.25) is 0 Å². The standard InChI is InChI=1S/C15H22N2O4/c1-10-13(14(18)19)7-12(21-10)8-16-15(20)17(2)9-11-5-3-4-6-11/h7,11H,3-6,8-9H2,1-2H3,(H,16,20)(H,18,19). The van der Waals surface area contributed by atoms with Crippen LogP contribution in [0.4, 0.5) is 4.79 Å². The summed E-state index contributed by atoms with van der Waals surface area (Å²) in [4.78, 5) is 24.6. The lowest BCUT2D eigenvalue weighted by atomic mass is 10.1. The normalized spacial score (nSPS) is 15.1. The molecule has 1 heterocycles. The Morgan fingerprint density at radius 3 is 2.67 bits per heavy atom. The highest BCUT2D eigenvalue weighted by Gasteiger charge is 2.20. The van der Waals surface area contributed by atoms with Crippen LogP contribution >= 0.6 is 0 Å². The summed E-state index contributed by atoms with van der Waals surface area (Å²) in [7, 11) is 1.78. The maximum atomic E-state index is 12.0. The molecule has 0 radical (unpaired) electrons. The molecule has 21 heavy (non-hydrogen) atoms. The molecule has 6 heteroatoms. The summed E-state index contributed by atoms with van der Waals surface area (Å²) in [5.41, 5.74) is 0.138. The van der Waals surface area contributed by atoms with E-state index in [9.17, 15) is 9.59 Å². The van der Waals surface area contributed by atoms with Crippen LogP contribution in [0.3, 0.4) is 0 Å². The Balaban J connectivity index is 1.82. The van der Waals surface area contributed by atoms with Gasteiger partial charge in [-0.25, -0.2) is 9.59 Å². The van der Waals surface area contributed by atoms with Crippen LogP contribution in [0, 0.1) is 12.8 Å². The fourth-order valence-electron chi connectivity index (χ4n) is 2.80. The number of carbonyl (C=O) groups is 2. The first-order valence-corrected chi connectivity index (χ1v) is 7.29. The third-order valence-corrected chi connectivity index (χ3v) is 3.97. The molecule has 0 unspecified atom stereocenters. The van der Waals surface area contributed by atoms with Gasteiger partial charge in [-0.1, -0.05) is 12.8 Å². The van der Waals surface area contributed by atoms with Gasteiger partial charge in [-0.3, -0.25) is 0 Å². The van der Waals surface area contributed by atoms with Crippen LogP contribution in [0.25, 0.3) is 0 Å². The zero-order valence-corrected chi connectivity index (χ0v) is 12.5. The van der Waals surface area contributed by atoms with Gasteiger partial charge in [-0.05, 0) is 31.7 Å². The van der Waals surface area contributed by atoms with Crippen LogP contribution in [0.1, 0.15) is 47.6 Å². The van der Waals surface area contributed by atoms with Crippen molar-refractivity contribution in [3.8, 4) is 0 Å². The van der Waals surface area contributed by atoms with Crippen molar-refractivity contribution in [2.45, 2.75) is 39.2 Å². The minimum atomic E-state index is -1.02. The van der Waals surface area contributed by atoms with Gasteiger partial charge in [-0.15, -0.1) is 0 Å². The van der Waals surface area contributed by atoms with E-state index in [1.165, 1.54) is 31.7 Å². The van der Waals surface area contributed by atoms with Crippen molar-refractivity contribution in [1.82, 2.24) is 10.2 Å². The van der Waals surface area contributed by atoms with Crippen molar-refractivity contribution in [2.24, 2.45) is 5.92 Å². The van der Waals surface area contributed by atoms with Gasteiger partial charge >= 0.3 is 12.0 Å². The van der Waals surface area contributed by atoms with Gasteiger partial charge in [0.15, 0.2) is 0 Å². The van der Waals surface area contributed by atoms with Gasteiger partial charge in [0.25, 0.3) is 0 Å². The molecule has 1 aliphatic carbocycles. The topological polar surface area (TPSA) is 82.8 Å². The molecule has 6 nitrogen and oxygen atoms in total. The van der Waals surface area contributed by atoms with E-state index >= 15 is 0 Å². The molecule has 0 atom stereocenters. The van der Waals surface area contributed by atoms with Gasteiger partial charge in [0.1, 0.15) is 17.1 Å². The fraction of sp³-hybridized carbons (Fsp3) is 0.600. The second-order valence-electron chi connectivity index (χ2n) is 5.68. The molecule has 0 aromatic carbocycles. The molecule has 1 saturated carbocycles. The number of aryl methyl sites for hydroxylation is 1. The van der Waals surface area contributed by atoms with Crippen LogP contribution in [0.2, 0.25) is 0 Å². The number of carboxylic acids is 1. The average molecular weight is 294 g/mol. The molecule has 1 fully saturated rings. The molecule has 1 aliphatic rings. The van der Waals surface area contributed by atoms with Crippen LogP contribution in [0.15, 0.2) is 10.5 Å². The molecule has 1 aromatic heterocycles. The Morgan fingerprint density at radius 1 is 1.43 bits per heavy atom. The van der Waals surface area contributed by atoms with E-state index in [-0.39, 0.29) is 18.1 Å². The first kappa shape index (κ1) is 15.4. The van der Waals surface area contributed by atoms with Crippen molar-refractivity contribution in [2.75, 3.05) is 13.6 Å². The number of furan rings is 1. The summed E-state index contributed by atoms with van der Waals surface area (Å²) in [5, 5.41) is 11.7. The van der Waals surface area contributed by atoms with Crippen molar-refractivity contribution in [3.05, 3.63) is 23.2 Å². The minimum absolute atomic E-state index is 0.138. The molecule has 1 aromatic rings. The first-order valence-electron chi connectivity index (χ1n) is 7.29. The Bertz CT molecular complexity index is 518. The zero-order valence-electron chi connectivity index (χ0n) is 12.5. The minimum Gasteiger partial charge on any atom is -0.478 e. The lowest BCUT2D eigenvalue weighted by Crippen LogP contribution is -2.39. The summed E-state index contributed by atoms with van der Waals surface area (Å²) in [5.74, 6) is 0.385. The van der Waals surface area contributed by atoms with E-state index in [2.05, 4.69) is 5.32 Å². The predicted molar refractivity (Wildman–Crippen MR) is 77.2 cm³/mol. The molecule has 2 N–H and O–H groups in total. The van der Waals surface area contributed by atoms with Crippen LogP contribution in [-0.4, -0.2) is 35.6 Å². The number of aromatic carboxylic acids is 1. The maximum Gasteiger partial charge on any atom is 0.339 e. The summed E-state index contributed by atoms with van der Waals surface area (Å²) in [6.45, 7) is 2.56. The number of nitrogens with one attached hydrogen (secondary N) is 1. The smallest absolute Gasteiger partial charge is 0.339 e. The molecule has 0 spiro atoms. The van der Waals surface area contributed by atoms with Crippen molar-refractivity contribution >= 4 is 12.0 Å². The van der Waals surface area contributed by atoms with Gasteiger partial charge in [0.05, 0.1) is 6.54 Å². The number of nitrogens with zero attached hydrogens (tertiary/aromatic N) is 1. The van der Waals surface area contributed by atoms with E-state index in [1.807, 2.05) is 0 Å². The monoisotopic (exact) mass is 294 g/mol. The highest BCUT2D eigenvalue weighted by atomic mass is 16.4. The second kappa shape index (κ2) is 6.65. The Labute approximate surface area is 124 Å².